The van der Waals surface area contributed by atoms with E-state index in [0.29, 0.717) is 12.6 Å². The molecule has 0 unspecified atom stereocenters. The summed E-state index contributed by atoms with van der Waals surface area (Å²) < 4.78 is 2.75. The van der Waals surface area contributed by atoms with E-state index in [9.17, 15) is 4.79 Å². The molecule has 5 heteroatoms. The highest BCUT2D eigenvalue weighted by molar-refractivity contribution is 9.10. The Morgan fingerprint density at radius 3 is 2.89 bits per heavy atom. The Kier molecular flexibility index (Phi) is 4.80. The molecule has 100 valence electrons. The molecule has 1 amide bonds. The molecule has 1 saturated carbocycles. The zero-order chi connectivity index (χ0) is 13.0. The van der Waals surface area contributed by atoms with Crippen LogP contribution >= 0.6 is 15.9 Å². The van der Waals surface area contributed by atoms with E-state index in [-0.39, 0.29) is 11.8 Å². The first-order chi connectivity index (χ1) is 8.65. The van der Waals surface area contributed by atoms with Crippen molar-refractivity contribution in [2.75, 3.05) is 0 Å². The number of carbonyl (C=O) groups is 1. The number of carbonyl (C=O) groups excluding carboxylic acids is 1. The molecule has 1 fully saturated rings. The summed E-state index contributed by atoms with van der Waals surface area (Å²) in [6.45, 7) is 2.58. The second-order valence-corrected chi connectivity index (χ2v) is 6.04. The minimum absolute atomic E-state index is 0.0428. The molecule has 0 spiro atoms. The van der Waals surface area contributed by atoms with Crippen LogP contribution in [0.15, 0.2) is 16.9 Å². The lowest BCUT2D eigenvalue weighted by Crippen LogP contribution is -2.40. The lowest BCUT2D eigenvalue weighted by Gasteiger charge is -2.24. The summed E-state index contributed by atoms with van der Waals surface area (Å²) in [5.41, 5.74) is 0. The summed E-state index contributed by atoms with van der Waals surface area (Å²) in [5.74, 6) is 0.104. The maximum atomic E-state index is 12.1. The Labute approximate surface area is 116 Å². The van der Waals surface area contributed by atoms with Crippen LogP contribution in [0.5, 0.6) is 0 Å². The molecule has 1 heterocycles. The van der Waals surface area contributed by atoms with Crippen molar-refractivity contribution in [1.82, 2.24) is 15.1 Å². The van der Waals surface area contributed by atoms with Gasteiger partial charge >= 0.3 is 0 Å². The predicted octanol–water partition coefficient (Wildman–Crippen LogP) is 2.73. The van der Waals surface area contributed by atoms with E-state index < -0.39 is 0 Å². The molecule has 1 N–H and O–H groups in total. The highest BCUT2D eigenvalue weighted by atomic mass is 79.9. The van der Waals surface area contributed by atoms with Gasteiger partial charge in [0.2, 0.25) is 5.91 Å². The lowest BCUT2D eigenvalue weighted by molar-refractivity contribution is -0.125. The topological polar surface area (TPSA) is 46.9 Å². The molecule has 1 aromatic rings. The van der Waals surface area contributed by atoms with Crippen LogP contribution in [0.25, 0.3) is 0 Å². The molecular formula is C13H20BrN3O. The zero-order valence-corrected chi connectivity index (χ0v) is 12.3. The van der Waals surface area contributed by atoms with Gasteiger partial charge in [0.05, 0.1) is 23.1 Å². The predicted molar refractivity (Wildman–Crippen MR) is 74.1 cm³/mol. The highest BCUT2D eigenvalue weighted by Gasteiger charge is 2.19. The average Bonchev–Trinajstić information content (AvgIpc) is 2.76. The summed E-state index contributed by atoms with van der Waals surface area (Å²) in [5, 5.41) is 7.33. The van der Waals surface area contributed by atoms with Crippen molar-refractivity contribution in [2.24, 2.45) is 5.92 Å². The van der Waals surface area contributed by atoms with Gasteiger partial charge in [-0.25, -0.2) is 0 Å². The van der Waals surface area contributed by atoms with Gasteiger partial charge in [-0.2, -0.15) is 5.10 Å². The van der Waals surface area contributed by atoms with Crippen molar-refractivity contribution in [3.8, 4) is 0 Å². The minimum Gasteiger partial charge on any atom is -0.353 e. The zero-order valence-electron chi connectivity index (χ0n) is 10.7. The van der Waals surface area contributed by atoms with Gasteiger partial charge in [-0.3, -0.25) is 9.48 Å². The fourth-order valence-electron chi connectivity index (χ4n) is 2.39. The fraction of sp³-hybridized carbons (Fsp3) is 0.692. The number of nitrogens with one attached hydrogen (secondary N) is 1. The van der Waals surface area contributed by atoms with E-state index in [1.54, 1.807) is 10.9 Å². The quantitative estimate of drug-likeness (QED) is 0.929. The molecule has 0 bridgehead atoms. The van der Waals surface area contributed by atoms with E-state index in [4.69, 9.17) is 0 Å². The van der Waals surface area contributed by atoms with Crippen LogP contribution in [0.2, 0.25) is 0 Å². The van der Waals surface area contributed by atoms with Crippen LogP contribution in [0.3, 0.4) is 0 Å². The van der Waals surface area contributed by atoms with Crippen molar-refractivity contribution >= 4 is 21.8 Å². The maximum Gasteiger partial charge on any atom is 0.224 e. The van der Waals surface area contributed by atoms with E-state index in [1.165, 1.54) is 19.3 Å². The van der Waals surface area contributed by atoms with Crippen LogP contribution in [0, 0.1) is 5.92 Å². The monoisotopic (exact) mass is 313 g/mol. The lowest BCUT2D eigenvalue weighted by atomic mass is 9.95. The standard InChI is InChI=1S/C13H20BrN3O/c1-10(8-17-9-11(14)7-15-17)13(18)16-12-5-3-2-4-6-12/h7,9-10,12H,2-6,8H2,1H3,(H,16,18)/t10-/m1/s1. The van der Waals surface area contributed by atoms with Crippen LogP contribution in [-0.4, -0.2) is 21.7 Å². The number of rotatable bonds is 4. The van der Waals surface area contributed by atoms with Crippen LogP contribution in [0.4, 0.5) is 0 Å². The fourth-order valence-corrected chi connectivity index (χ4v) is 2.72. The van der Waals surface area contributed by atoms with Gasteiger partial charge in [-0.1, -0.05) is 26.2 Å². The molecule has 0 radical (unpaired) electrons. The first-order valence-corrected chi connectivity index (χ1v) is 7.43. The summed E-state index contributed by atoms with van der Waals surface area (Å²) in [4.78, 5) is 12.1. The van der Waals surface area contributed by atoms with E-state index in [1.807, 2.05) is 13.1 Å². The molecule has 1 aliphatic carbocycles. The summed E-state index contributed by atoms with van der Waals surface area (Å²) in [6, 6.07) is 0.387. The highest BCUT2D eigenvalue weighted by Crippen LogP contribution is 2.18. The third kappa shape index (κ3) is 3.83. The van der Waals surface area contributed by atoms with Crippen molar-refractivity contribution in [3.05, 3.63) is 16.9 Å². The van der Waals surface area contributed by atoms with Gasteiger partial charge in [0.25, 0.3) is 0 Å². The molecule has 0 aliphatic heterocycles. The van der Waals surface area contributed by atoms with Crippen LogP contribution < -0.4 is 5.32 Å². The summed E-state index contributed by atoms with van der Waals surface area (Å²) in [7, 11) is 0. The average molecular weight is 314 g/mol. The molecular weight excluding hydrogens is 294 g/mol. The largest absolute Gasteiger partial charge is 0.353 e. The minimum atomic E-state index is -0.0428. The van der Waals surface area contributed by atoms with Gasteiger partial charge in [0.1, 0.15) is 0 Å². The molecule has 1 aliphatic rings. The van der Waals surface area contributed by atoms with Crippen molar-refractivity contribution in [1.29, 1.82) is 0 Å². The molecule has 1 aromatic heterocycles. The summed E-state index contributed by atoms with van der Waals surface area (Å²) >= 11 is 3.35. The Hall–Kier alpha value is -0.840. The van der Waals surface area contributed by atoms with Gasteiger partial charge in [0, 0.05) is 12.2 Å². The molecule has 0 saturated heterocycles. The van der Waals surface area contributed by atoms with E-state index in [0.717, 1.165) is 17.3 Å². The van der Waals surface area contributed by atoms with Gasteiger partial charge in [-0.15, -0.1) is 0 Å². The number of halogens is 1. The van der Waals surface area contributed by atoms with Crippen molar-refractivity contribution < 1.29 is 4.79 Å². The van der Waals surface area contributed by atoms with Gasteiger partial charge in [-0.05, 0) is 28.8 Å². The molecule has 1 atom stereocenters. The van der Waals surface area contributed by atoms with Crippen molar-refractivity contribution in [3.63, 3.8) is 0 Å². The number of nitrogens with zero attached hydrogens (tertiary/aromatic N) is 2. The first-order valence-electron chi connectivity index (χ1n) is 6.63. The number of amides is 1. The van der Waals surface area contributed by atoms with Gasteiger partial charge < -0.3 is 5.32 Å². The SMILES string of the molecule is C[C@H](Cn1cc(Br)cn1)C(=O)NC1CCCCC1. The molecule has 4 nitrogen and oxygen atoms in total. The first kappa shape index (κ1) is 13.6. The van der Waals surface area contributed by atoms with E-state index in [2.05, 4.69) is 26.3 Å². The number of aromatic nitrogens is 2. The normalized spacial score (nSPS) is 18.6. The summed E-state index contributed by atoms with van der Waals surface area (Å²) in [6.07, 6.45) is 9.69. The smallest absolute Gasteiger partial charge is 0.224 e. The Bertz CT molecular complexity index is 399. The van der Waals surface area contributed by atoms with Crippen LogP contribution in [-0.2, 0) is 11.3 Å². The second-order valence-electron chi connectivity index (χ2n) is 5.13. The Morgan fingerprint density at radius 1 is 1.56 bits per heavy atom. The Balaban J connectivity index is 1.80. The maximum absolute atomic E-state index is 12.1. The van der Waals surface area contributed by atoms with Gasteiger partial charge in [0.15, 0.2) is 0 Å². The molecule has 2 rings (SSSR count). The van der Waals surface area contributed by atoms with Crippen molar-refractivity contribution in [2.45, 2.75) is 51.6 Å². The second kappa shape index (κ2) is 6.36. The molecule has 0 aromatic carbocycles. The molecule has 18 heavy (non-hydrogen) atoms. The third-order valence-corrected chi connectivity index (χ3v) is 3.87. The number of hydrogen-bond donors (Lipinski definition) is 1. The third-order valence-electron chi connectivity index (χ3n) is 3.46. The number of hydrogen-bond acceptors (Lipinski definition) is 2. The van der Waals surface area contributed by atoms with E-state index >= 15 is 0 Å². The Morgan fingerprint density at radius 2 is 2.28 bits per heavy atom. The van der Waals surface area contributed by atoms with Crippen LogP contribution in [0.1, 0.15) is 39.0 Å².